The Morgan fingerprint density at radius 1 is 1.19 bits per heavy atom. The van der Waals surface area contributed by atoms with E-state index in [-0.39, 0.29) is 17.6 Å². The van der Waals surface area contributed by atoms with Crippen molar-refractivity contribution in [2.45, 2.75) is 46.1 Å². The van der Waals surface area contributed by atoms with Crippen LogP contribution in [-0.4, -0.2) is 49.2 Å². The quantitative estimate of drug-likeness (QED) is 0.576. The highest BCUT2D eigenvalue weighted by molar-refractivity contribution is 6.02. The van der Waals surface area contributed by atoms with Gasteiger partial charge in [-0.05, 0) is 51.3 Å². The molecule has 1 aliphatic rings. The molecule has 3 heterocycles. The Morgan fingerprint density at radius 3 is 2.69 bits per heavy atom. The predicted octanol–water partition coefficient (Wildman–Crippen LogP) is 3.17. The van der Waals surface area contributed by atoms with E-state index in [0.29, 0.717) is 30.9 Å². The molecule has 0 unspecified atom stereocenters. The molecule has 1 saturated heterocycles. The molecule has 0 spiro atoms. The second-order valence-corrected chi connectivity index (χ2v) is 8.49. The molecule has 0 radical (unpaired) electrons. The van der Waals surface area contributed by atoms with Gasteiger partial charge in [0.25, 0.3) is 0 Å². The second-order valence-electron chi connectivity index (χ2n) is 8.49. The summed E-state index contributed by atoms with van der Waals surface area (Å²) in [5, 5.41) is 8.76. The number of piperidine rings is 1. The highest BCUT2D eigenvalue weighted by Crippen LogP contribution is 2.25. The first-order valence-electron chi connectivity index (χ1n) is 11.2. The number of likely N-dealkylation sites (tertiary alicyclic amines) is 1. The van der Waals surface area contributed by atoms with E-state index in [2.05, 4.69) is 10.2 Å². The lowest BCUT2D eigenvalue weighted by atomic mass is 9.90. The number of hydrogen-bond acceptors (Lipinski definition) is 5. The Bertz CT molecular complexity index is 1100. The zero-order chi connectivity index (χ0) is 22.7. The van der Waals surface area contributed by atoms with Crippen LogP contribution < -0.4 is 5.73 Å². The number of carbonyl (C=O) groups is 2. The van der Waals surface area contributed by atoms with E-state index in [1.807, 2.05) is 59.8 Å². The summed E-state index contributed by atoms with van der Waals surface area (Å²) in [5.74, 6) is 0.149. The first kappa shape index (κ1) is 21.8. The van der Waals surface area contributed by atoms with Crippen molar-refractivity contribution >= 4 is 17.5 Å². The standard InChI is InChI=1S/C24H30N6O2/c1-17-14-18(2)29(27-17)13-7-11-22(31)28-12-6-8-19(16-28)23(32)21-15-26-30(24(21)25)20-9-4-3-5-10-20/h3-5,9-10,14-15,19H,6-8,11-13,16,25H2,1-2H3/t19-/m0/s1. The smallest absolute Gasteiger partial charge is 0.222 e. The molecule has 2 aromatic heterocycles. The molecule has 1 amide bonds. The molecule has 8 nitrogen and oxygen atoms in total. The summed E-state index contributed by atoms with van der Waals surface area (Å²) in [7, 11) is 0. The summed E-state index contributed by atoms with van der Waals surface area (Å²) < 4.78 is 3.52. The third-order valence-electron chi connectivity index (χ3n) is 6.08. The van der Waals surface area contributed by atoms with Gasteiger partial charge in [-0.15, -0.1) is 0 Å². The number of Topliss-reactive ketones (excluding diaryl/α,β-unsaturated/α-hetero) is 1. The number of nitrogen functional groups attached to an aromatic ring is 1. The van der Waals surface area contributed by atoms with E-state index in [0.717, 1.165) is 42.9 Å². The van der Waals surface area contributed by atoms with Crippen LogP contribution in [0.4, 0.5) is 5.82 Å². The number of hydrogen-bond donors (Lipinski definition) is 1. The van der Waals surface area contributed by atoms with Crippen LogP contribution in [0.5, 0.6) is 0 Å². The average Bonchev–Trinajstić information content (AvgIpc) is 3.34. The van der Waals surface area contributed by atoms with Crippen LogP contribution in [0, 0.1) is 19.8 Å². The summed E-state index contributed by atoms with van der Waals surface area (Å²) in [6, 6.07) is 11.5. The Morgan fingerprint density at radius 2 is 1.97 bits per heavy atom. The minimum absolute atomic E-state index is 0.0372. The van der Waals surface area contributed by atoms with Gasteiger partial charge in [0, 0.05) is 37.7 Å². The van der Waals surface area contributed by atoms with Gasteiger partial charge in [0.2, 0.25) is 5.91 Å². The van der Waals surface area contributed by atoms with E-state index >= 15 is 0 Å². The molecule has 0 saturated carbocycles. The normalized spacial score (nSPS) is 16.3. The van der Waals surface area contributed by atoms with Gasteiger partial charge in [-0.2, -0.15) is 10.2 Å². The molecule has 168 valence electrons. The lowest BCUT2D eigenvalue weighted by Crippen LogP contribution is -2.42. The maximum Gasteiger partial charge on any atom is 0.222 e. The summed E-state index contributed by atoms with van der Waals surface area (Å²) in [6.07, 6.45) is 4.29. The van der Waals surface area contributed by atoms with Crippen molar-refractivity contribution in [3.05, 3.63) is 59.5 Å². The van der Waals surface area contributed by atoms with Gasteiger partial charge >= 0.3 is 0 Å². The van der Waals surface area contributed by atoms with E-state index in [1.54, 1.807) is 10.9 Å². The van der Waals surface area contributed by atoms with Crippen LogP contribution >= 0.6 is 0 Å². The first-order chi connectivity index (χ1) is 15.4. The molecule has 8 heteroatoms. The monoisotopic (exact) mass is 434 g/mol. The summed E-state index contributed by atoms with van der Waals surface area (Å²) in [5.41, 5.74) is 9.59. The molecule has 0 aliphatic carbocycles. The van der Waals surface area contributed by atoms with Crippen molar-refractivity contribution < 1.29 is 9.59 Å². The fourth-order valence-corrected chi connectivity index (χ4v) is 4.40. The molecule has 32 heavy (non-hydrogen) atoms. The highest BCUT2D eigenvalue weighted by Gasteiger charge is 2.31. The Hall–Kier alpha value is -3.42. The van der Waals surface area contributed by atoms with Gasteiger partial charge in [-0.25, -0.2) is 4.68 Å². The number of aromatic nitrogens is 4. The molecule has 0 bridgehead atoms. The largest absolute Gasteiger partial charge is 0.383 e. The van der Waals surface area contributed by atoms with E-state index in [9.17, 15) is 9.59 Å². The topological polar surface area (TPSA) is 99.0 Å². The average molecular weight is 435 g/mol. The summed E-state index contributed by atoms with van der Waals surface area (Å²) >= 11 is 0. The van der Waals surface area contributed by atoms with Gasteiger partial charge in [-0.3, -0.25) is 14.3 Å². The second kappa shape index (κ2) is 9.38. The predicted molar refractivity (Wildman–Crippen MR) is 123 cm³/mol. The molecule has 1 aliphatic heterocycles. The zero-order valence-corrected chi connectivity index (χ0v) is 18.7. The van der Waals surface area contributed by atoms with Gasteiger partial charge in [-0.1, -0.05) is 18.2 Å². The van der Waals surface area contributed by atoms with Gasteiger partial charge in [0.1, 0.15) is 5.82 Å². The Kier molecular flexibility index (Phi) is 6.39. The van der Waals surface area contributed by atoms with Crippen molar-refractivity contribution in [1.82, 2.24) is 24.5 Å². The molecule has 2 N–H and O–H groups in total. The molecule has 3 aromatic rings. The third-order valence-corrected chi connectivity index (χ3v) is 6.08. The number of anilines is 1. The lowest BCUT2D eigenvalue weighted by molar-refractivity contribution is -0.132. The maximum atomic E-state index is 13.2. The molecular weight excluding hydrogens is 404 g/mol. The maximum absolute atomic E-state index is 13.2. The fraction of sp³-hybridized carbons (Fsp3) is 0.417. The van der Waals surface area contributed by atoms with E-state index < -0.39 is 0 Å². The minimum atomic E-state index is -0.251. The molecule has 1 fully saturated rings. The van der Waals surface area contributed by atoms with Gasteiger partial charge < -0.3 is 10.6 Å². The van der Waals surface area contributed by atoms with Crippen molar-refractivity contribution in [1.29, 1.82) is 0 Å². The number of aryl methyl sites for hydroxylation is 3. The minimum Gasteiger partial charge on any atom is -0.383 e. The number of amides is 1. The molecule has 1 atom stereocenters. The van der Waals surface area contributed by atoms with Crippen molar-refractivity contribution in [3.63, 3.8) is 0 Å². The molecule has 1 aromatic carbocycles. The number of benzene rings is 1. The number of nitrogens with zero attached hydrogens (tertiary/aromatic N) is 5. The Balaban J connectivity index is 1.36. The lowest BCUT2D eigenvalue weighted by Gasteiger charge is -2.32. The fourth-order valence-electron chi connectivity index (χ4n) is 4.40. The summed E-state index contributed by atoms with van der Waals surface area (Å²) in [6.45, 7) is 5.84. The SMILES string of the molecule is Cc1cc(C)n(CCCC(=O)N2CCC[C@H](C(=O)c3cnn(-c4ccccc4)c3N)C2)n1. The first-order valence-corrected chi connectivity index (χ1v) is 11.2. The van der Waals surface area contributed by atoms with Crippen molar-refractivity contribution in [2.75, 3.05) is 18.8 Å². The van der Waals surface area contributed by atoms with Crippen LogP contribution in [0.15, 0.2) is 42.6 Å². The van der Waals surface area contributed by atoms with Crippen LogP contribution in [-0.2, 0) is 11.3 Å². The van der Waals surface area contributed by atoms with E-state index in [1.165, 1.54) is 0 Å². The van der Waals surface area contributed by atoms with Crippen molar-refractivity contribution in [2.24, 2.45) is 5.92 Å². The summed E-state index contributed by atoms with van der Waals surface area (Å²) in [4.78, 5) is 27.8. The van der Waals surface area contributed by atoms with Crippen LogP contribution in [0.25, 0.3) is 5.69 Å². The van der Waals surface area contributed by atoms with Gasteiger partial charge in [0.05, 0.1) is 23.1 Å². The van der Waals surface area contributed by atoms with Crippen LogP contribution in [0.3, 0.4) is 0 Å². The zero-order valence-electron chi connectivity index (χ0n) is 18.7. The highest BCUT2D eigenvalue weighted by atomic mass is 16.2. The van der Waals surface area contributed by atoms with Crippen molar-refractivity contribution in [3.8, 4) is 5.69 Å². The van der Waals surface area contributed by atoms with E-state index in [4.69, 9.17) is 5.73 Å². The number of nitrogens with two attached hydrogens (primary N) is 1. The number of ketones is 1. The molecular formula is C24H30N6O2. The van der Waals surface area contributed by atoms with Crippen LogP contribution in [0.2, 0.25) is 0 Å². The van der Waals surface area contributed by atoms with Gasteiger partial charge in [0.15, 0.2) is 5.78 Å². The number of carbonyl (C=O) groups excluding carboxylic acids is 2. The third kappa shape index (κ3) is 4.59. The number of para-hydroxylation sites is 1. The number of rotatable bonds is 7. The molecule has 4 rings (SSSR count). The van der Waals surface area contributed by atoms with Crippen LogP contribution in [0.1, 0.15) is 47.4 Å². The Labute approximate surface area is 188 Å².